The molecule has 2 aromatic carbocycles. The summed E-state index contributed by atoms with van der Waals surface area (Å²) >= 11 is 0. The van der Waals surface area contributed by atoms with Crippen LogP contribution < -0.4 is 5.32 Å². The summed E-state index contributed by atoms with van der Waals surface area (Å²) in [5.74, 6) is 0.263. The maximum absolute atomic E-state index is 13.2. The van der Waals surface area contributed by atoms with E-state index in [-0.39, 0.29) is 24.4 Å². The third-order valence-electron chi connectivity index (χ3n) is 6.16. The fraction of sp³-hybridized carbons (Fsp3) is 0.407. The summed E-state index contributed by atoms with van der Waals surface area (Å²) < 4.78 is 5.38. The summed E-state index contributed by atoms with van der Waals surface area (Å²) in [6.45, 7) is 4.48. The van der Waals surface area contributed by atoms with E-state index in [0.29, 0.717) is 6.61 Å². The molecule has 1 heterocycles. The smallest absolute Gasteiger partial charge is 0.257 e. The quantitative estimate of drug-likeness (QED) is 0.579. The van der Waals surface area contributed by atoms with Crippen LogP contribution in [0.4, 0.5) is 0 Å². The van der Waals surface area contributed by atoms with Crippen molar-refractivity contribution in [2.24, 2.45) is 11.0 Å². The molecule has 1 N–H and O–H groups in total. The molecule has 1 aliphatic heterocycles. The highest BCUT2D eigenvalue weighted by molar-refractivity contribution is 6.08. The van der Waals surface area contributed by atoms with E-state index >= 15 is 0 Å². The van der Waals surface area contributed by atoms with Crippen LogP contribution in [0.2, 0.25) is 0 Å². The highest BCUT2D eigenvalue weighted by Crippen LogP contribution is 2.44. The number of rotatable bonds is 9. The van der Waals surface area contributed by atoms with E-state index in [1.807, 2.05) is 31.2 Å². The lowest BCUT2D eigenvalue weighted by Gasteiger charge is -2.29. The van der Waals surface area contributed by atoms with Crippen LogP contribution in [0.15, 0.2) is 71.3 Å². The van der Waals surface area contributed by atoms with E-state index in [4.69, 9.17) is 9.84 Å². The van der Waals surface area contributed by atoms with Crippen molar-refractivity contribution < 1.29 is 9.53 Å². The van der Waals surface area contributed by atoms with Crippen LogP contribution in [0.3, 0.4) is 0 Å². The first kappa shape index (κ1) is 22.4. The first-order valence-electron chi connectivity index (χ1n) is 11.8. The molecule has 2 atom stereocenters. The molecule has 2 aromatic rings. The number of nitrogens with one attached hydrogen (secondary N) is 1. The Hall–Kier alpha value is -2.76. The second-order valence-corrected chi connectivity index (χ2v) is 8.39. The number of ether oxygens (including phenoxy) is 1. The largest absolute Gasteiger partial charge is 0.382 e. The minimum Gasteiger partial charge on any atom is -0.382 e. The Kier molecular flexibility index (Phi) is 7.86. The predicted molar refractivity (Wildman–Crippen MR) is 129 cm³/mol. The van der Waals surface area contributed by atoms with Crippen LogP contribution in [0.25, 0.3) is 6.08 Å². The summed E-state index contributed by atoms with van der Waals surface area (Å²) in [5.41, 5.74) is 4.68. The van der Waals surface area contributed by atoms with Crippen molar-refractivity contribution in [3.63, 3.8) is 0 Å². The molecule has 168 valence electrons. The lowest BCUT2D eigenvalue weighted by Crippen LogP contribution is -2.37. The number of hydrogen-bond acceptors (Lipinski definition) is 4. The van der Waals surface area contributed by atoms with Gasteiger partial charge in [0.25, 0.3) is 5.91 Å². The van der Waals surface area contributed by atoms with Crippen LogP contribution in [0, 0.1) is 5.92 Å². The minimum absolute atomic E-state index is 0.0243. The third-order valence-corrected chi connectivity index (χ3v) is 6.16. The van der Waals surface area contributed by atoms with Crippen molar-refractivity contribution in [1.29, 1.82) is 0 Å². The number of carbonyl (C=O) groups is 1. The van der Waals surface area contributed by atoms with Crippen LogP contribution in [0.1, 0.15) is 49.8 Å². The number of nitrogens with zero attached hydrogens (tertiary/aromatic N) is 2. The molecule has 0 unspecified atom stereocenters. The van der Waals surface area contributed by atoms with Gasteiger partial charge in [0.05, 0.1) is 18.3 Å². The van der Waals surface area contributed by atoms with Crippen LogP contribution in [-0.4, -0.2) is 42.9 Å². The monoisotopic (exact) mass is 431 g/mol. The molecule has 5 heteroatoms. The summed E-state index contributed by atoms with van der Waals surface area (Å²) in [7, 11) is 0. The molecule has 1 amide bonds. The van der Waals surface area contributed by atoms with Gasteiger partial charge in [-0.05, 0) is 61.9 Å². The maximum Gasteiger partial charge on any atom is 0.257 e. The topological polar surface area (TPSA) is 53.9 Å². The van der Waals surface area contributed by atoms with Crippen molar-refractivity contribution in [1.82, 2.24) is 10.3 Å². The average Bonchev–Trinajstić information content (AvgIpc) is 3.23. The fourth-order valence-corrected chi connectivity index (χ4v) is 4.66. The molecule has 32 heavy (non-hydrogen) atoms. The highest BCUT2D eigenvalue weighted by atomic mass is 16.5. The first-order chi connectivity index (χ1) is 15.8. The molecule has 0 spiro atoms. The van der Waals surface area contributed by atoms with Crippen molar-refractivity contribution in [3.05, 3.63) is 77.4 Å². The molecular formula is C27H33N3O2. The molecule has 0 saturated heterocycles. The zero-order chi connectivity index (χ0) is 22.2. The molecule has 4 rings (SSSR count). The summed E-state index contributed by atoms with van der Waals surface area (Å²) in [4.78, 5) is 13.2. The zero-order valence-electron chi connectivity index (χ0n) is 18.9. The summed E-state index contributed by atoms with van der Waals surface area (Å²) in [6.07, 6.45) is 6.31. The van der Waals surface area contributed by atoms with Gasteiger partial charge in [0.1, 0.15) is 0 Å². The normalized spacial score (nSPS) is 21.5. The fourth-order valence-electron chi connectivity index (χ4n) is 4.66. The molecule has 1 aliphatic carbocycles. The Morgan fingerprint density at radius 3 is 2.66 bits per heavy atom. The van der Waals surface area contributed by atoms with Gasteiger partial charge in [0.2, 0.25) is 0 Å². The van der Waals surface area contributed by atoms with Gasteiger partial charge in [0, 0.05) is 19.1 Å². The average molecular weight is 432 g/mol. The van der Waals surface area contributed by atoms with Gasteiger partial charge in [-0.25, -0.2) is 5.01 Å². The second-order valence-electron chi connectivity index (χ2n) is 8.39. The van der Waals surface area contributed by atoms with E-state index in [0.717, 1.165) is 50.1 Å². The van der Waals surface area contributed by atoms with E-state index in [2.05, 4.69) is 47.8 Å². The highest BCUT2D eigenvalue weighted by Gasteiger charge is 2.43. The van der Waals surface area contributed by atoms with E-state index < -0.39 is 0 Å². The number of hydrogen-bond donors (Lipinski definition) is 1. The van der Waals surface area contributed by atoms with Crippen molar-refractivity contribution in [3.8, 4) is 0 Å². The molecule has 1 saturated carbocycles. The molecule has 0 aromatic heterocycles. The second kappa shape index (κ2) is 11.2. The summed E-state index contributed by atoms with van der Waals surface area (Å²) in [6, 6.07) is 20.7. The first-order valence-corrected chi connectivity index (χ1v) is 11.8. The van der Waals surface area contributed by atoms with Crippen molar-refractivity contribution >= 4 is 17.7 Å². The Morgan fingerprint density at radius 2 is 1.91 bits per heavy atom. The van der Waals surface area contributed by atoms with E-state index in [9.17, 15) is 4.79 Å². The third kappa shape index (κ3) is 5.34. The number of benzene rings is 2. The van der Waals surface area contributed by atoms with Crippen LogP contribution >= 0.6 is 0 Å². The molecule has 1 fully saturated rings. The number of allylic oxidation sites excluding steroid dienone is 1. The number of amides is 1. The van der Waals surface area contributed by atoms with Gasteiger partial charge in [-0.3, -0.25) is 4.79 Å². The number of hydrazone groups is 1. The van der Waals surface area contributed by atoms with E-state index in [1.54, 1.807) is 5.01 Å². The van der Waals surface area contributed by atoms with Crippen molar-refractivity contribution in [2.45, 2.75) is 38.6 Å². The lowest BCUT2D eigenvalue weighted by atomic mass is 9.77. The molecule has 0 radical (unpaired) electrons. The maximum atomic E-state index is 13.2. The molecular weight excluding hydrogens is 398 g/mol. The Labute approximate surface area is 191 Å². The van der Waals surface area contributed by atoms with E-state index in [1.165, 1.54) is 11.1 Å². The van der Waals surface area contributed by atoms with Crippen LogP contribution in [-0.2, 0) is 9.53 Å². The Bertz CT molecular complexity index is 940. The molecule has 0 bridgehead atoms. The van der Waals surface area contributed by atoms with Crippen molar-refractivity contribution in [2.75, 3.05) is 26.3 Å². The Balaban J connectivity index is 1.55. The number of fused-ring (bicyclic) bond motifs is 1. The predicted octanol–water partition coefficient (Wildman–Crippen LogP) is 4.83. The molecule has 5 nitrogen and oxygen atoms in total. The van der Waals surface area contributed by atoms with Crippen LogP contribution in [0.5, 0.6) is 0 Å². The minimum atomic E-state index is -0.0385. The standard InChI is InChI=1S/C27H33N3O2/c1-2-32-18-10-17-28-20-25(31)30-27(22-13-7-4-8-14-22)24-16-9-15-23(26(24)29-30)19-21-11-5-3-6-12-21/h3-8,11-14,19,24,27-28H,2,9-10,15-18,20H2,1H3/b23-19+/t24-,27-/m0/s1. The van der Waals surface area contributed by atoms with Gasteiger partial charge in [-0.2, -0.15) is 5.10 Å². The number of carbonyl (C=O) groups excluding carboxylic acids is 1. The summed E-state index contributed by atoms with van der Waals surface area (Å²) in [5, 5.41) is 9.96. The molecule has 2 aliphatic rings. The van der Waals surface area contributed by atoms with Gasteiger partial charge in [0.15, 0.2) is 0 Å². The van der Waals surface area contributed by atoms with Gasteiger partial charge in [-0.1, -0.05) is 60.7 Å². The lowest BCUT2D eigenvalue weighted by molar-refractivity contribution is -0.132. The van der Waals surface area contributed by atoms with Gasteiger partial charge in [-0.15, -0.1) is 0 Å². The van der Waals surface area contributed by atoms with Gasteiger partial charge >= 0.3 is 0 Å². The zero-order valence-corrected chi connectivity index (χ0v) is 18.9. The SMILES string of the molecule is CCOCCCNCC(=O)N1N=C2/C(=C/c3ccccc3)CCC[C@@H]2[C@@H]1c1ccccc1. The Morgan fingerprint density at radius 1 is 1.16 bits per heavy atom. The van der Waals surface area contributed by atoms with Gasteiger partial charge < -0.3 is 10.1 Å².